The van der Waals surface area contributed by atoms with Gasteiger partial charge in [-0.3, -0.25) is 0 Å². The minimum atomic E-state index is -0.833. The number of carbonyl (C=O) groups excluding carboxylic acids is 2. The molecule has 0 aliphatic rings. The van der Waals surface area contributed by atoms with Crippen LogP contribution in [0.2, 0.25) is 0 Å². The molecule has 6 nitrogen and oxygen atoms in total. The molecule has 0 aliphatic carbocycles. The van der Waals surface area contributed by atoms with Crippen molar-refractivity contribution in [1.29, 1.82) is 0 Å². The van der Waals surface area contributed by atoms with Gasteiger partial charge in [-0.05, 0) is 0 Å². The normalized spacial score (nSPS) is 3.07. The highest BCUT2D eigenvalue weighted by Gasteiger charge is 1.61. The Morgan fingerprint density at radius 3 is 0.267 bits per heavy atom. The molecule has 0 aliphatic heterocycles. The molecule has 0 aromatic rings. The van der Waals surface area contributed by atoms with E-state index in [1.165, 1.54) is 0 Å². The van der Waals surface area contributed by atoms with Crippen LogP contribution in [0.4, 0.5) is 9.59 Å². The SMILES string of the molecule is C=C.C=C.C=C.C=C.C=C.C=C.C=C.C=C.C=C.C=C.C=C.NC(N)=O.NC(N)=O. The third kappa shape index (κ3) is 653. The van der Waals surface area contributed by atoms with E-state index in [9.17, 15) is 0 Å². The molecule has 0 aromatic heterocycles. The highest BCUT2D eigenvalue weighted by Crippen LogP contribution is 1.26. The average Bonchev–Trinajstić information content (AvgIpc) is 2.87. The number of hydrogen-bond acceptors (Lipinski definition) is 2. The van der Waals surface area contributed by atoms with Gasteiger partial charge in [0, 0.05) is 0 Å². The summed E-state index contributed by atoms with van der Waals surface area (Å²) in [7, 11) is 0. The molecule has 0 radical (unpaired) electrons. The quantitative estimate of drug-likeness (QED) is 0.313. The Bertz CT molecular complexity index is 169. The van der Waals surface area contributed by atoms with E-state index < -0.39 is 12.1 Å². The number of amides is 4. The highest BCUT2D eigenvalue weighted by atomic mass is 16.2. The van der Waals surface area contributed by atoms with E-state index in [4.69, 9.17) is 9.59 Å². The summed E-state index contributed by atoms with van der Waals surface area (Å²) in [5, 5.41) is 0. The van der Waals surface area contributed by atoms with Gasteiger partial charge in [-0.2, -0.15) is 0 Å². The van der Waals surface area contributed by atoms with Gasteiger partial charge in [-0.15, -0.1) is 145 Å². The van der Waals surface area contributed by atoms with Crippen molar-refractivity contribution in [3.8, 4) is 0 Å². The Hall–Kier alpha value is -4.32. The number of primary amides is 4. The molecule has 0 unspecified atom stereocenters. The lowest BCUT2D eigenvalue weighted by Crippen LogP contribution is -2.18. The van der Waals surface area contributed by atoms with Crippen LogP contribution in [0.1, 0.15) is 0 Å². The average molecular weight is 429 g/mol. The van der Waals surface area contributed by atoms with Crippen LogP contribution < -0.4 is 22.9 Å². The predicted molar refractivity (Wildman–Crippen MR) is 151 cm³/mol. The van der Waals surface area contributed by atoms with Crippen LogP contribution in [0.15, 0.2) is 145 Å². The van der Waals surface area contributed by atoms with Crippen molar-refractivity contribution < 1.29 is 9.59 Å². The molecule has 0 saturated heterocycles. The van der Waals surface area contributed by atoms with Gasteiger partial charge >= 0.3 is 12.1 Å². The molecule has 0 aromatic carbocycles. The fourth-order valence-electron chi connectivity index (χ4n) is 0. The van der Waals surface area contributed by atoms with Gasteiger partial charge in [0.25, 0.3) is 0 Å². The minimum Gasteiger partial charge on any atom is -0.352 e. The smallest absolute Gasteiger partial charge is 0.309 e. The zero-order chi connectivity index (χ0) is 29.2. The van der Waals surface area contributed by atoms with Crippen molar-refractivity contribution in [2.24, 2.45) is 22.9 Å². The molecule has 30 heavy (non-hydrogen) atoms. The summed E-state index contributed by atoms with van der Waals surface area (Å²) in [5.41, 5.74) is 17.0. The van der Waals surface area contributed by atoms with Crippen LogP contribution >= 0.6 is 0 Å². The van der Waals surface area contributed by atoms with Crippen molar-refractivity contribution in [3.05, 3.63) is 145 Å². The maximum atomic E-state index is 9.00. The van der Waals surface area contributed by atoms with Crippen molar-refractivity contribution in [3.63, 3.8) is 0 Å². The fourth-order valence-corrected chi connectivity index (χ4v) is 0. The van der Waals surface area contributed by atoms with Crippen molar-refractivity contribution in [2.45, 2.75) is 0 Å². The van der Waals surface area contributed by atoms with Crippen molar-refractivity contribution in [1.82, 2.24) is 0 Å². The summed E-state index contributed by atoms with van der Waals surface area (Å²) in [4.78, 5) is 18.0. The molecule has 8 N–H and O–H groups in total. The second kappa shape index (κ2) is 4900. The second-order valence-corrected chi connectivity index (χ2v) is 0.805. The maximum Gasteiger partial charge on any atom is 0.309 e. The van der Waals surface area contributed by atoms with Gasteiger partial charge in [0.2, 0.25) is 0 Å². The van der Waals surface area contributed by atoms with Gasteiger partial charge in [0.15, 0.2) is 0 Å². The van der Waals surface area contributed by atoms with Gasteiger partial charge in [0.05, 0.1) is 0 Å². The molecular formula is C24H52N4O2. The Kier molecular flexibility index (Phi) is 15900. The first-order valence-corrected chi connectivity index (χ1v) is 7.06. The Balaban J connectivity index is -0.00000000964. The van der Waals surface area contributed by atoms with Gasteiger partial charge in [-0.1, -0.05) is 0 Å². The van der Waals surface area contributed by atoms with Crippen LogP contribution in [0.25, 0.3) is 0 Å². The van der Waals surface area contributed by atoms with Crippen molar-refractivity contribution in [2.75, 3.05) is 0 Å². The lowest BCUT2D eigenvalue weighted by atomic mass is 11.2. The summed E-state index contributed by atoms with van der Waals surface area (Å²) >= 11 is 0. The number of nitrogens with two attached hydrogens (primary N) is 4. The molecule has 0 saturated carbocycles. The first-order valence-electron chi connectivity index (χ1n) is 7.06. The fraction of sp³-hybridized carbons (Fsp3) is 0. The standard InChI is InChI=1S/11C2H4.2CH4N2O/c11*1-2;2*2-1(3)4/h11*1-2H2;2*(H4,2,3,4). The molecule has 6 heteroatoms. The van der Waals surface area contributed by atoms with Gasteiger partial charge in [0.1, 0.15) is 0 Å². The monoisotopic (exact) mass is 428 g/mol. The third-order valence-electron chi connectivity index (χ3n) is 0. The Labute approximate surface area is 189 Å². The van der Waals surface area contributed by atoms with E-state index in [-0.39, 0.29) is 0 Å². The third-order valence-corrected chi connectivity index (χ3v) is 0. The largest absolute Gasteiger partial charge is 0.352 e. The van der Waals surface area contributed by atoms with Crippen LogP contribution in [0.3, 0.4) is 0 Å². The summed E-state index contributed by atoms with van der Waals surface area (Å²) in [6.07, 6.45) is 0. The zero-order valence-corrected chi connectivity index (χ0v) is 19.7. The van der Waals surface area contributed by atoms with Crippen molar-refractivity contribution >= 4 is 12.1 Å². The van der Waals surface area contributed by atoms with Crippen LogP contribution in [0.5, 0.6) is 0 Å². The zero-order valence-electron chi connectivity index (χ0n) is 19.7. The van der Waals surface area contributed by atoms with E-state index in [2.05, 4.69) is 168 Å². The lowest BCUT2D eigenvalue weighted by Gasteiger charge is -1.62. The lowest BCUT2D eigenvalue weighted by molar-refractivity contribution is 0.255. The van der Waals surface area contributed by atoms with E-state index in [1.807, 2.05) is 0 Å². The van der Waals surface area contributed by atoms with Crippen LogP contribution in [-0.4, -0.2) is 12.1 Å². The first-order chi connectivity index (χ1) is 14.5. The predicted octanol–water partition coefficient (Wildman–Crippen LogP) is 6.87. The molecule has 0 rings (SSSR count). The number of rotatable bonds is 0. The Morgan fingerprint density at radius 2 is 0.267 bits per heavy atom. The first kappa shape index (κ1) is 97.3. The van der Waals surface area contributed by atoms with E-state index in [0.717, 1.165) is 0 Å². The summed E-state index contributed by atoms with van der Waals surface area (Å²) < 4.78 is 0. The topological polar surface area (TPSA) is 138 Å². The molecule has 180 valence electrons. The summed E-state index contributed by atoms with van der Waals surface area (Å²) in [6, 6.07) is -1.67. The number of carbonyl (C=O) groups is 2. The highest BCUT2D eigenvalue weighted by molar-refractivity contribution is 5.69. The van der Waals surface area contributed by atoms with E-state index >= 15 is 0 Å². The molecule has 0 bridgehead atoms. The number of urea groups is 2. The van der Waals surface area contributed by atoms with Crippen LogP contribution in [0, 0.1) is 0 Å². The van der Waals surface area contributed by atoms with Crippen LogP contribution in [-0.2, 0) is 0 Å². The van der Waals surface area contributed by atoms with E-state index in [1.54, 1.807) is 0 Å². The Morgan fingerprint density at radius 1 is 0.267 bits per heavy atom. The molecule has 4 amide bonds. The molecule has 0 spiro atoms. The second-order valence-electron chi connectivity index (χ2n) is 0.805. The molecular weight excluding hydrogens is 376 g/mol. The van der Waals surface area contributed by atoms with Gasteiger partial charge < -0.3 is 22.9 Å². The van der Waals surface area contributed by atoms with Gasteiger partial charge in [-0.25, -0.2) is 9.59 Å². The molecule has 0 atom stereocenters. The number of hydrogen-bond donors (Lipinski definition) is 4. The van der Waals surface area contributed by atoms with E-state index in [0.29, 0.717) is 0 Å². The maximum absolute atomic E-state index is 9.00. The molecule has 0 fully saturated rings. The minimum absolute atomic E-state index is 0.833. The summed E-state index contributed by atoms with van der Waals surface area (Å²) in [5.74, 6) is 0. The summed E-state index contributed by atoms with van der Waals surface area (Å²) in [6.45, 7) is 66.0. The molecule has 0 heterocycles.